The van der Waals surface area contributed by atoms with Crippen LogP contribution in [0, 0.1) is 13.8 Å². The van der Waals surface area contributed by atoms with Crippen molar-refractivity contribution in [2.24, 2.45) is 0 Å². The molecule has 2 aromatic carbocycles. The second-order valence-electron chi connectivity index (χ2n) is 6.08. The summed E-state index contributed by atoms with van der Waals surface area (Å²) < 4.78 is 5.88. The third-order valence-corrected chi connectivity index (χ3v) is 4.31. The first-order valence-electron chi connectivity index (χ1n) is 8.24. The van der Waals surface area contributed by atoms with Crippen molar-refractivity contribution >= 4 is 17.4 Å². The highest BCUT2D eigenvalue weighted by molar-refractivity contribution is 6.52. The number of rotatable bonds is 6. The largest absolute Gasteiger partial charge is 0.493 e. The van der Waals surface area contributed by atoms with Crippen LogP contribution in [0.4, 0.5) is 5.69 Å². The number of amides is 1. The molecule has 1 amide bonds. The highest BCUT2D eigenvalue weighted by Crippen LogP contribution is 2.28. The van der Waals surface area contributed by atoms with Crippen molar-refractivity contribution in [3.63, 3.8) is 0 Å². The molecule has 4 nitrogen and oxygen atoms in total. The molecule has 0 radical (unpaired) electrons. The predicted molar refractivity (Wildman–Crippen MR) is 93.8 cm³/mol. The number of nitrogens with zero attached hydrogens (tertiary/aromatic N) is 1. The number of fused-ring (bicyclic) bond motifs is 1. The van der Waals surface area contributed by atoms with Crippen LogP contribution >= 0.6 is 0 Å². The van der Waals surface area contributed by atoms with Gasteiger partial charge in [0.15, 0.2) is 0 Å². The van der Waals surface area contributed by atoms with Crippen molar-refractivity contribution in [3.05, 3.63) is 59.2 Å². The van der Waals surface area contributed by atoms with E-state index in [0.717, 1.165) is 35.4 Å². The van der Waals surface area contributed by atoms with Crippen LogP contribution in [0.5, 0.6) is 5.75 Å². The van der Waals surface area contributed by atoms with E-state index in [2.05, 4.69) is 0 Å². The van der Waals surface area contributed by atoms with E-state index in [9.17, 15) is 9.59 Å². The topological polar surface area (TPSA) is 46.6 Å². The lowest BCUT2D eigenvalue weighted by atomic mass is 10.1. The van der Waals surface area contributed by atoms with Crippen molar-refractivity contribution in [3.8, 4) is 5.75 Å². The zero-order valence-electron chi connectivity index (χ0n) is 14.0. The van der Waals surface area contributed by atoms with Gasteiger partial charge in [0.25, 0.3) is 11.7 Å². The number of ketones is 1. The Morgan fingerprint density at radius 1 is 0.917 bits per heavy atom. The number of benzene rings is 2. The van der Waals surface area contributed by atoms with Gasteiger partial charge in [0.1, 0.15) is 5.75 Å². The normalized spacial score (nSPS) is 13.3. The summed E-state index contributed by atoms with van der Waals surface area (Å²) in [4.78, 5) is 25.6. The summed E-state index contributed by atoms with van der Waals surface area (Å²) in [7, 11) is 0. The van der Waals surface area contributed by atoms with Crippen molar-refractivity contribution in [1.82, 2.24) is 0 Å². The fourth-order valence-corrected chi connectivity index (χ4v) is 3.04. The Balaban J connectivity index is 1.53. The number of carbonyl (C=O) groups excluding carboxylic acids is 2. The summed E-state index contributed by atoms with van der Waals surface area (Å²) in [5.74, 6) is 0.111. The van der Waals surface area contributed by atoms with Gasteiger partial charge in [-0.3, -0.25) is 9.59 Å². The second-order valence-corrected chi connectivity index (χ2v) is 6.08. The average Bonchev–Trinajstić information content (AvgIpc) is 2.82. The number of Topliss-reactive ketones (excluding diaryl/α,β-unsaturated/α-hetero) is 1. The molecule has 124 valence electrons. The predicted octanol–water partition coefficient (Wildman–Crippen LogP) is 3.69. The van der Waals surface area contributed by atoms with Crippen LogP contribution in [0.3, 0.4) is 0 Å². The summed E-state index contributed by atoms with van der Waals surface area (Å²) in [5.41, 5.74) is 3.49. The molecule has 0 aliphatic carbocycles. The smallest absolute Gasteiger partial charge is 0.299 e. The fourth-order valence-electron chi connectivity index (χ4n) is 3.04. The lowest BCUT2D eigenvalue weighted by Crippen LogP contribution is -2.30. The molecule has 0 saturated heterocycles. The third kappa shape index (κ3) is 3.04. The number of para-hydroxylation sites is 2. The van der Waals surface area contributed by atoms with Crippen LogP contribution in [0.1, 0.15) is 34.3 Å². The molecule has 2 aromatic rings. The van der Waals surface area contributed by atoms with Crippen LogP contribution in [0.15, 0.2) is 42.5 Å². The zero-order valence-corrected chi connectivity index (χ0v) is 14.0. The molecule has 0 aromatic heterocycles. The van der Waals surface area contributed by atoms with Gasteiger partial charge in [0.05, 0.1) is 17.9 Å². The minimum atomic E-state index is -0.424. The minimum absolute atomic E-state index is 0.405. The summed E-state index contributed by atoms with van der Waals surface area (Å²) >= 11 is 0. The number of unbranched alkanes of at least 4 members (excludes halogenated alkanes) is 1. The van der Waals surface area contributed by atoms with E-state index in [1.54, 1.807) is 17.0 Å². The molecule has 3 rings (SSSR count). The molecule has 24 heavy (non-hydrogen) atoms. The summed E-state index contributed by atoms with van der Waals surface area (Å²) in [5, 5.41) is 0. The van der Waals surface area contributed by atoms with Crippen LogP contribution in [-0.2, 0) is 4.79 Å². The van der Waals surface area contributed by atoms with Crippen molar-refractivity contribution in [1.29, 1.82) is 0 Å². The van der Waals surface area contributed by atoms with Gasteiger partial charge in [-0.05, 0) is 49.9 Å². The molecule has 1 aliphatic heterocycles. The number of hydrogen-bond acceptors (Lipinski definition) is 3. The van der Waals surface area contributed by atoms with Gasteiger partial charge >= 0.3 is 0 Å². The summed E-state index contributed by atoms with van der Waals surface area (Å²) in [6.45, 7) is 5.21. The number of hydrogen-bond donors (Lipinski definition) is 0. The molecule has 1 aliphatic rings. The Hall–Kier alpha value is -2.62. The highest BCUT2D eigenvalue weighted by atomic mass is 16.5. The third-order valence-electron chi connectivity index (χ3n) is 4.31. The molecule has 0 atom stereocenters. The lowest BCUT2D eigenvalue weighted by molar-refractivity contribution is -0.114. The molecule has 0 saturated carbocycles. The van der Waals surface area contributed by atoms with Gasteiger partial charge in [-0.25, -0.2) is 0 Å². The standard InChI is InChI=1S/C20H21NO3/c1-14-8-7-9-15(2)19(14)24-13-6-5-12-21-17-11-4-3-10-16(17)18(22)20(21)23/h3-4,7-11H,5-6,12-13H2,1-2H3. The van der Waals surface area contributed by atoms with Crippen molar-refractivity contribution in [2.45, 2.75) is 26.7 Å². The van der Waals surface area contributed by atoms with Crippen LogP contribution < -0.4 is 9.64 Å². The Morgan fingerprint density at radius 2 is 1.62 bits per heavy atom. The van der Waals surface area contributed by atoms with Gasteiger partial charge in [0, 0.05) is 6.54 Å². The van der Waals surface area contributed by atoms with Gasteiger partial charge in [-0.1, -0.05) is 30.3 Å². The molecular weight excluding hydrogens is 302 g/mol. The number of anilines is 1. The first-order chi connectivity index (χ1) is 11.6. The van der Waals surface area contributed by atoms with Gasteiger partial charge < -0.3 is 9.64 Å². The SMILES string of the molecule is Cc1cccc(C)c1OCCCCN1C(=O)C(=O)c2ccccc21. The van der Waals surface area contributed by atoms with E-state index in [1.807, 2.05) is 44.2 Å². The van der Waals surface area contributed by atoms with Crippen LogP contribution in [-0.4, -0.2) is 24.8 Å². The monoisotopic (exact) mass is 323 g/mol. The number of carbonyl (C=O) groups is 2. The molecule has 0 spiro atoms. The molecule has 1 heterocycles. The molecule has 0 N–H and O–H groups in total. The van der Waals surface area contributed by atoms with E-state index >= 15 is 0 Å². The minimum Gasteiger partial charge on any atom is -0.493 e. The van der Waals surface area contributed by atoms with Gasteiger partial charge in [0.2, 0.25) is 0 Å². The Bertz CT molecular complexity index is 762. The number of ether oxygens (including phenoxy) is 1. The van der Waals surface area contributed by atoms with Crippen molar-refractivity contribution in [2.75, 3.05) is 18.1 Å². The highest BCUT2D eigenvalue weighted by Gasteiger charge is 2.34. The Labute approximate surface area is 142 Å². The molecule has 0 fully saturated rings. The molecule has 4 heteroatoms. The summed E-state index contributed by atoms with van der Waals surface area (Å²) in [6.07, 6.45) is 1.62. The van der Waals surface area contributed by atoms with E-state index in [0.29, 0.717) is 18.7 Å². The first kappa shape index (κ1) is 16.2. The molecule has 0 unspecified atom stereocenters. The Morgan fingerprint density at radius 3 is 2.38 bits per heavy atom. The Kier molecular flexibility index (Phi) is 4.65. The maximum Gasteiger partial charge on any atom is 0.299 e. The second kappa shape index (κ2) is 6.87. The summed E-state index contributed by atoms with van der Waals surface area (Å²) in [6, 6.07) is 13.3. The van der Waals surface area contributed by atoms with E-state index in [-0.39, 0.29) is 0 Å². The van der Waals surface area contributed by atoms with Gasteiger partial charge in [-0.2, -0.15) is 0 Å². The van der Waals surface area contributed by atoms with Crippen LogP contribution in [0.25, 0.3) is 0 Å². The van der Waals surface area contributed by atoms with Crippen LogP contribution in [0.2, 0.25) is 0 Å². The first-order valence-corrected chi connectivity index (χ1v) is 8.24. The quantitative estimate of drug-likeness (QED) is 0.601. The van der Waals surface area contributed by atoms with Crippen molar-refractivity contribution < 1.29 is 14.3 Å². The van der Waals surface area contributed by atoms with Gasteiger partial charge in [-0.15, -0.1) is 0 Å². The lowest BCUT2D eigenvalue weighted by Gasteiger charge is -2.17. The fraction of sp³-hybridized carbons (Fsp3) is 0.300. The molecule has 0 bridgehead atoms. The number of aryl methyl sites for hydroxylation is 2. The van der Waals surface area contributed by atoms with E-state index in [4.69, 9.17) is 4.74 Å². The average molecular weight is 323 g/mol. The molecular formula is C20H21NO3. The van der Waals surface area contributed by atoms with E-state index in [1.165, 1.54) is 0 Å². The zero-order chi connectivity index (χ0) is 17.1. The van der Waals surface area contributed by atoms with E-state index < -0.39 is 11.7 Å². The maximum atomic E-state index is 12.1. The maximum absolute atomic E-state index is 12.1.